The SMILES string of the molecule is CONCc1cc(C)c(C)c(N)c1. The van der Waals surface area contributed by atoms with Gasteiger partial charge in [0.25, 0.3) is 0 Å². The molecule has 1 rings (SSSR count). The fourth-order valence-corrected chi connectivity index (χ4v) is 1.22. The first-order chi connectivity index (χ1) is 6.15. The van der Waals surface area contributed by atoms with Crippen LogP contribution in [-0.2, 0) is 11.4 Å². The van der Waals surface area contributed by atoms with Crippen molar-refractivity contribution < 1.29 is 4.84 Å². The van der Waals surface area contributed by atoms with Gasteiger partial charge in [-0.05, 0) is 36.6 Å². The van der Waals surface area contributed by atoms with Crippen molar-refractivity contribution in [3.8, 4) is 0 Å². The Labute approximate surface area is 78.8 Å². The molecule has 0 aromatic heterocycles. The predicted molar refractivity (Wildman–Crippen MR) is 54.2 cm³/mol. The van der Waals surface area contributed by atoms with E-state index in [2.05, 4.69) is 18.5 Å². The van der Waals surface area contributed by atoms with Gasteiger partial charge in [0.15, 0.2) is 0 Å². The van der Waals surface area contributed by atoms with Crippen LogP contribution in [-0.4, -0.2) is 7.11 Å². The minimum Gasteiger partial charge on any atom is -0.398 e. The van der Waals surface area contributed by atoms with Gasteiger partial charge in [0.2, 0.25) is 0 Å². The average Bonchev–Trinajstić information content (AvgIpc) is 2.10. The van der Waals surface area contributed by atoms with E-state index in [-0.39, 0.29) is 0 Å². The van der Waals surface area contributed by atoms with E-state index in [4.69, 9.17) is 10.6 Å². The van der Waals surface area contributed by atoms with E-state index < -0.39 is 0 Å². The van der Waals surface area contributed by atoms with Gasteiger partial charge in [-0.2, -0.15) is 5.48 Å². The normalized spacial score (nSPS) is 10.4. The molecule has 0 saturated carbocycles. The largest absolute Gasteiger partial charge is 0.398 e. The van der Waals surface area contributed by atoms with E-state index in [1.165, 1.54) is 5.56 Å². The molecular weight excluding hydrogens is 164 g/mol. The topological polar surface area (TPSA) is 47.3 Å². The number of nitrogen functional groups attached to an aromatic ring is 1. The molecule has 0 atom stereocenters. The molecule has 0 spiro atoms. The van der Waals surface area contributed by atoms with Crippen LogP contribution in [0.1, 0.15) is 16.7 Å². The number of hydrogen-bond donors (Lipinski definition) is 2. The Morgan fingerprint density at radius 3 is 2.62 bits per heavy atom. The van der Waals surface area contributed by atoms with E-state index in [0.29, 0.717) is 6.54 Å². The van der Waals surface area contributed by atoms with Gasteiger partial charge >= 0.3 is 0 Å². The second kappa shape index (κ2) is 4.25. The number of nitrogens with two attached hydrogens (primary N) is 1. The summed E-state index contributed by atoms with van der Waals surface area (Å²) in [7, 11) is 1.60. The maximum atomic E-state index is 5.82. The third-order valence-electron chi connectivity index (χ3n) is 2.19. The van der Waals surface area contributed by atoms with E-state index in [0.717, 1.165) is 16.8 Å². The summed E-state index contributed by atoms with van der Waals surface area (Å²) in [6, 6.07) is 4.08. The van der Waals surface area contributed by atoms with Gasteiger partial charge in [0.05, 0.1) is 7.11 Å². The fraction of sp³-hybridized carbons (Fsp3) is 0.400. The van der Waals surface area contributed by atoms with Crippen LogP contribution in [0.4, 0.5) is 5.69 Å². The van der Waals surface area contributed by atoms with E-state index in [9.17, 15) is 0 Å². The van der Waals surface area contributed by atoms with Crippen molar-refractivity contribution in [3.05, 3.63) is 28.8 Å². The molecule has 0 saturated heterocycles. The molecule has 0 aliphatic carbocycles. The van der Waals surface area contributed by atoms with Crippen LogP contribution < -0.4 is 11.2 Å². The van der Waals surface area contributed by atoms with Crippen molar-refractivity contribution in [2.24, 2.45) is 0 Å². The summed E-state index contributed by atoms with van der Waals surface area (Å²) in [6.07, 6.45) is 0. The van der Waals surface area contributed by atoms with Crippen molar-refractivity contribution in [1.82, 2.24) is 5.48 Å². The molecule has 0 fully saturated rings. The highest BCUT2D eigenvalue weighted by molar-refractivity contribution is 5.52. The van der Waals surface area contributed by atoms with E-state index >= 15 is 0 Å². The van der Waals surface area contributed by atoms with Gasteiger partial charge in [0, 0.05) is 12.2 Å². The van der Waals surface area contributed by atoms with Gasteiger partial charge in [-0.3, -0.25) is 0 Å². The molecule has 0 amide bonds. The highest BCUT2D eigenvalue weighted by Crippen LogP contribution is 2.17. The molecule has 0 aliphatic heterocycles. The average molecular weight is 180 g/mol. The summed E-state index contributed by atoms with van der Waals surface area (Å²) in [5, 5.41) is 0. The summed E-state index contributed by atoms with van der Waals surface area (Å²) in [4.78, 5) is 4.76. The summed E-state index contributed by atoms with van der Waals surface area (Å²) in [5.74, 6) is 0. The molecule has 0 radical (unpaired) electrons. The van der Waals surface area contributed by atoms with Crippen LogP contribution in [0.25, 0.3) is 0 Å². The predicted octanol–water partition coefficient (Wildman–Crippen LogP) is 1.54. The monoisotopic (exact) mass is 180 g/mol. The van der Waals surface area contributed by atoms with Crippen LogP contribution in [0, 0.1) is 13.8 Å². The highest BCUT2D eigenvalue weighted by atomic mass is 16.6. The Balaban J connectivity index is 2.86. The minimum absolute atomic E-state index is 0.682. The molecule has 0 heterocycles. The first kappa shape index (κ1) is 10.0. The molecular formula is C10H16N2O. The lowest BCUT2D eigenvalue weighted by Crippen LogP contribution is -2.11. The molecule has 1 aromatic rings. The zero-order valence-electron chi connectivity index (χ0n) is 8.35. The zero-order valence-corrected chi connectivity index (χ0v) is 8.35. The van der Waals surface area contributed by atoms with Crippen LogP contribution in [0.3, 0.4) is 0 Å². The van der Waals surface area contributed by atoms with Gasteiger partial charge in [-0.15, -0.1) is 0 Å². The maximum absolute atomic E-state index is 5.82. The lowest BCUT2D eigenvalue weighted by molar-refractivity contribution is 0.0867. The van der Waals surface area contributed by atoms with Crippen LogP contribution in [0.5, 0.6) is 0 Å². The first-order valence-electron chi connectivity index (χ1n) is 4.26. The van der Waals surface area contributed by atoms with Crippen molar-refractivity contribution >= 4 is 5.69 Å². The Hall–Kier alpha value is -1.06. The summed E-state index contributed by atoms with van der Waals surface area (Å²) >= 11 is 0. The second-order valence-corrected chi connectivity index (χ2v) is 3.15. The van der Waals surface area contributed by atoms with Crippen molar-refractivity contribution in [1.29, 1.82) is 0 Å². The maximum Gasteiger partial charge on any atom is 0.0572 e. The van der Waals surface area contributed by atoms with Crippen LogP contribution in [0.15, 0.2) is 12.1 Å². The first-order valence-corrected chi connectivity index (χ1v) is 4.26. The molecule has 3 heteroatoms. The van der Waals surface area contributed by atoms with Gasteiger partial charge in [0.1, 0.15) is 0 Å². The molecule has 3 N–H and O–H groups in total. The Morgan fingerprint density at radius 1 is 1.38 bits per heavy atom. The minimum atomic E-state index is 0.682. The van der Waals surface area contributed by atoms with Gasteiger partial charge in [-0.25, -0.2) is 0 Å². The van der Waals surface area contributed by atoms with Gasteiger partial charge < -0.3 is 10.6 Å². The number of aryl methyl sites for hydroxylation is 1. The molecule has 1 aromatic carbocycles. The molecule has 13 heavy (non-hydrogen) atoms. The standard InChI is InChI=1S/C10H16N2O/c1-7-4-9(6-12-13-3)5-10(11)8(7)2/h4-5,12H,6,11H2,1-3H3. The van der Waals surface area contributed by atoms with E-state index in [1.807, 2.05) is 13.0 Å². The number of hydrogen-bond acceptors (Lipinski definition) is 3. The third kappa shape index (κ3) is 2.44. The molecule has 72 valence electrons. The molecule has 0 aliphatic rings. The highest BCUT2D eigenvalue weighted by Gasteiger charge is 2.00. The Bertz CT molecular complexity index is 274. The fourth-order valence-electron chi connectivity index (χ4n) is 1.22. The quantitative estimate of drug-likeness (QED) is 0.548. The lowest BCUT2D eigenvalue weighted by atomic mass is 10.0. The second-order valence-electron chi connectivity index (χ2n) is 3.15. The molecule has 3 nitrogen and oxygen atoms in total. The van der Waals surface area contributed by atoms with Crippen molar-refractivity contribution in [2.45, 2.75) is 20.4 Å². The number of anilines is 1. The number of nitrogens with one attached hydrogen (secondary N) is 1. The smallest absolute Gasteiger partial charge is 0.0572 e. The van der Waals surface area contributed by atoms with Crippen molar-refractivity contribution in [2.75, 3.05) is 12.8 Å². The Kier molecular flexibility index (Phi) is 3.28. The lowest BCUT2D eigenvalue weighted by Gasteiger charge is -2.08. The Morgan fingerprint density at radius 2 is 2.08 bits per heavy atom. The van der Waals surface area contributed by atoms with Crippen LogP contribution >= 0.6 is 0 Å². The van der Waals surface area contributed by atoms with Crippen LogP contribution in [0.2, 0.25) is 0 Å². The summed E-state index contributed by atoms with van der Waals surface area (Å²) in [6.45, 7) is 4.77. The summed E-state index contributed by atoms with van der Waals surface area (Å²) < 4.78 is 0. The third-order valence-corrected chi connectivity index (χ3v) is 2.19. The van der Waals surface area contributed by atoms with E-state index in [1.54, 1.807) is 7.11 Å². The van der Waals surface area contributed by atoms with Gasteiger partial charge in [-0.1, -0.05) is 6.07 Å². The van der Waals surface area contributed by atoms with Crippen molar-refractivity contribution in [3.63, 3.8) is 0 Å². The molecule has 0 unspecified atom stereocenters. The number of benzene rings is 1. The molecule has 0 bridgehead atoms. The zero-order chi connectivity index (χ0) is 9.84. The number of hydroxylamine groups is 1. The summed E-state index contributed by atoms with van der Waals surface area (Å²) in [5.41, 5.74) is 13.0. The number of rotatable bonds is 3.